The predicted molar refractivity (Wildman–Crippen MR) is 75.4 cm³/mol. The molecule has 20 heavy (non-hydrogen) atoms. The van der Waals surface area contributed by atoms with Gasteiger partial charge in [0.25, 0.3) is 5.91 Å². The summed E-state index contributed by atoms with van der Waals surface area (Å²) >= 11 is 1.56. The van der Waals surface area contributed by atoms with Crippen LogP contribution in [-0.2, 0) is 9.53 Å². The summed E-state index contributed by atoms with van der Waals surface area (Å²) in [4.78, 5) is 28.2. The van der Waals surface area contributed by atoms with Gasteiger partial charge in [-0.2, -0.15) is 0 Å². The Bertz CT molecular complexity index is 569. The van der Waals surface area contributed by atoms with Crippen molar-refractivity contribution in [3.05, 3.63) is 52.5 Å². The Balaban J connectivity index is 1.79. The van der Waals surface area contributed by atoms with Crippen molar-refractivity contribution in [2.45, 2.75) is 13.0 Å². The summed E-state index contributed by atoms with van der Waals surface area (Å²) in [5.41, 5.74) is 0.187. The number of rotatable bonds is 5. The molecule has 0 aliphatic rings. The third-order valence-corrected chi connectivity index (χ3v) is 3.61. The van der Waals surface area contributed by atoms with E-state index >= 15 is 0 Å². The van der Waals surface area contributed by atoms with Crippen LogP contribution in [0.3, 0.4) is 0 Å². The van der Waals surface area contributed by atoms with Crippen molar-refractivity contribution in [3.8, 4) is 0 Å². The molecule has 0 spiro atoms. The molecule has 0 saturated heterocycles. The van der Waals surface area contributed by atoms with E-state index in [1.807, 2.05) is 24.4 Å². The molecule has 0 radical (unpaired) electrons. The Morgan fingerprint density at radius 2 is 2.20 bits per heavy atom. The summed E-state index contributed by atoms with van der Waals surface area (Å²) in [6, 6.07) is 8.68. The largest absolute Gasteiger partial charge is 0.451 e. The first-order valence-electron chi connectivity index (χ1n) is 6.07. The summed E-state index contributed by atoms with van der Waals surface area (Å²) in [6.45, 7) is 1.56. The molecule has 1 atom stereocenters. The molecule has 2 aromatic heterocycles. The zero-order valence-electron chi connectivity index (χ0n) is 10.9. The molecule has 2 rings (SSSR count). The van der Waals surface area contributed by atoms with Gasteiger partial charge in [0.1, 0.15) is 5.69 Å². The highest BCUT2D eigenvalue weighted by atomic mass is 32.1. The summed E-state index contributed by atoms with van der Waals surface area (Å²) < 4.78 is 4.90. The average molecular weight is 290 g/mol. The van der Waals surface area contributed by atoms with Crippen LogP contribution in [-0.4, -0.2) is 23.5 Å². The number of hydrogen-bond donors (Lipinski definition) is 1. The van der Waals surface area contributed by atoms with Gasteiger partial charge in [0, 0.05) is 11.1 Å². The second-order valence-electron chi connectivity index (χ2n) is 4.10. The van der Waals surface area contributed by atoms with Gasteiger partial charge in [-0.1, -0.05) is 12.1 Å². The van der Waals surface area contributed by atoms with E-state index in [1.165, 1.54) is 12.3 Å². The minimum Gasteiger partial charge on any atom is -0.451 e. The molecule has 6 heteroatoms. The Hall–Kier alpha value is -2.21. The smallest absolute Gasteiger partial charge is 0.357 e. The zero-order valence-corrected chi connectivity index (χ0v) is 11.7. The van der Waals surface area contributed by atoms with Crippen LogP contribution >= 0.6 is 11.3 Å². The quantitative estimate of drug-likeness (QED) is 0.857. The van der Waals surface area contributed by atoms with Gasteiger partial charge >= 0.3 is 5.97 Å². The summed E-state index contributed by atoms with van der Waals surface area (Å²) in [6.07, 6.45) is 1.50. The van der Waals surface area contributed by atoms with Crippen LogP contribution in [0.2, 0.25) is 0 Å². The molecule has 2 aromatic rings. The van der Waals surface area contributed by atoms with Gasteiger partial charge < -0.3 is 10.1 Å². The molecule has 0 aliphatic heterocycles. The number of ether oxygens (including phenoxy) is 1. The predicted octanol–water partition coefficient (Wildman–Crippen LogP) is 2.18. The highest BCUT2D eigenvalue weighted by Gasteiger charge is 2.13. The lowest BCUT2D eigenvalue weighted by Gasteiger charge is -2.12. The molecule has 0 aromatic carbocycles. The maximum atomic E-state index is 11.7. The minimum atomic E-state index is -0.607. The first-order chi connectivity index (χ1) is 9.66. The number of esters is 1. The first-order valence-corrected chi connectivity index (χ1v) is 6.95. The first kappa shape index (κ1) is 14.2. The van der Waals surface area contributed by atoms with Crippen molar-refractivity contribution >= 4 is 23.2 Å². The monoisotopic (exact) mass is 290 g/mol. The van der Waals surface area contributed by atoms with Gasteiger partial charge in [-0.15, -0.1) is 11.3 Å². The third kappa shape index (κ3) is 3.89. The van der Waals surface area contributed by atoms with Crippen molar-refractivity contribution < 1.29 is 14.3 Å². The third-order valence-electron chi connectivity index (χ3n) is 2.56. The number of hydrogen-bond acceptors (Lipinski definition) is 5. The number of aromatic nitrogens is 1. The second kappa shape index (κ2) is 6.81. The van der Waals surface area contributed by atoms with E-state index in [1.54, 1.807) is 23.5 Å². The van der Waals surface area contributed by atoms with Gasteiger partial charge in [-0.05, 0) is 30.5 Å². The van der Waals surface area contributed by atoms with E-state index in [2.05, 4.69) is 10.3 Å². The van der Waals surface area contributed by atoms with Crippen LogP contribution < -0.4 is 5.32 Å². The topological polar surface area (TPSA) is 68.3 Å². The number of pyridine rings is 1. The molecular weight excluding hydrogens is 276 g/mol. The fourth-order valence-electron chi connectivity index (χ4n) is 1.58. The molecular formula is C14H14N2O3S. The number of nitrogens with one attached hydrogen (secondary N) is 1. The molecule has 0 aliphatic carbocycles. The SMILES string of the molecule is C[C@H](NC(=O)COC(=O)c1ccccn1)c1cccs1. The maximum absolute atomic E-state index is 11.7. The molecule has 104 valence electrons. The molecule has 1 amide bonds. The maximum Gasteiger partial charge on any atom is 0.357 e. The van der Waals surface area contributed by atoms with E-state index in [0.717, 1.165) is 4.88 Å². The molecule has 1 N–H and O–H groups in total. The van der Waals surface area contributed by atoms with Gasteiger partial charge in [0.05, 0.1) is 6.04 Å². The normalized spacial score (nSPS) is 11.7. The van der Waals surface area contributed by atoms with Crippen LogP contribution in [0.15, 0.2) is 41.9 Å². The highest BCUT2D eigenvalue weighted by Crippen LogP contribution is 2.17. The van der Waals surface area contributed by atoms with Gasteiger partial charge in [0.2, 0.25) is 0 Å². The van der Waals surface area contributed by atoms with E-state index in [-0.39, 0.29) is 24.2 Å². The summed E-state index contributed by atoms with van der Waals surface area (Å²) in [5.74, 6) is -0.945. The molecule has 2 heterocycles. The lowest BCUT2D eigenvalue weighted by Crippen LogP contribution is -2.30. The van der Waals surface area contributed by atoms with Crippen molar-refractivity contribution in [3.63, 3.8) is 0 Å². The fourth-order valence-corrected chi connectivity index (χ4v) is 2.31. The fraction of sp³-hybridized carbons (Fsp3) is 0.214. The number of amides is 1. The van der Waals surface area contributed by atoms with Crippen molar-refractivity contribution in [2.75, 3.05) is 6.61 Å². The molecule has 0 fully saturated rings. The Morgan fingerprint density at radius 1 is 1.35 bits per heavy atom. The van der Waals surface area contributed by atoms with E-state index in [9.17, 15) is 9.59 Å². The van der Waals surface area contributed by atoms with E-state index in [4.69, 9.17) is 4.74 Å². The van der Waals surface area contributed by atoms with Crippen molar-refractivity contribution in [2.24, 2.45) is 0 Å². The lowest BCUT2D eigenvalue weighted by atomic mass is 10.3. The summed E-state index contributed by atoms with van der Waals surface area (Å²) in [5, 5.41) is 4.71. The molecule has 5 nitrogen and oxygen atoms in total. The lowest BCUT2D eigenvalue weighted by molar-refractivity contribution is -0.124. The van der Waals surface area contributed by atoms with E-state index in [0.29, 0.717) is 0 Å². The summed E-state index contributed by atoms with van der Waals surface area (Å²) in [7, 11) is 0. The van der Waals surface area contributed by atoms with Crippen LogP contribution in [0.5, 0.6) is 0 Å². The number of carbonyl (C=O) groups excluding carboxylic acids is 2. The number of thiophene rings is 1. The van der Waals surface area contributed by atoms with Gasteiger partial charge in [0.15, 0.2) is 6.61 Å². The zero-order chi connectivity index (χ0) is 14.4. The Labute approximate surface area is 120 Å². The Kier molecular flexibility index (Phi) is 4.84. The number of carbonyl (C=O) groups is 2. The minimum absolute atomic E-state index is 0.101. The van der Waals surface area contributed by atoms with Crippen LogP contribution in [0.25, 0.3) is 0 Å². The van der Waals surface area contributed by atoms with Gasteiger partial charge in [-0.3, -0.25) is 4.79 Å². The van der Waals surface area contributed by atoms with Crippen LogP contribution in [0.4, 0.5) is 0 Å². The van der Waals surface area contributed by atoms with E-state index < -0.39 is 5.97 Å². The molecule has 0 unspecified atom stereocenters. The molecule has 0 saturated carbocycles. The van der Waals surface area contributed by atoms with Gasteiger partial charge in [-0.25, -0.2) is 9.78 Å². The van der Waals surface area contributed by atoms with Crippen LogP contribution in [0.1, 0.15) is 28.3 Å². The van der Waals surface area contributed by atoms with Crippen LogP contribution in [0, 0.1) is 0 Å². The van der Waals surface area contributed by atoms with Crippen molar-refractivity contribution in [1.29, 1.82) is 0 Å². The average Bonchev–Trinajstić information content (AvgIpc) is 3.00. The number of nitrogens with zero attached hydrogens (tertiary/aromatic N) is 1. The highest BCUT2D eigenvalue weighted by molar-refractivity contribution is 7.10. The second-order valence-corrected chi connectivity index (χ2v) is 5.08. The standard InChI is InChI=1S/C14H14N2O3S/c1-10(12-6-4-8-20-12)16-13(17)9-19-14(18)11-5-2-3-7-15-11/h2-8,10H,9H2,1H3,(H,16,17)/t10-/m0/s1. The Morgan fingerprint density at radius 3 is 2.85 bits per heavy atom. The molecule has 0 bridgehead atoms. The van der Waals surface area contributed by atoms with Crippen molar-refractivity contribution in [1.82, 2.24) is 10.3 Å².